The molecule has 108 valence electrons. The molecular weight excluding hydrogens is 282 g/mol. The van der Waals surface area contributed by atoms with E-state index >= 15 is 0 Å². The molecule has 1 N–H and O–H groups in total. The summed E-state index contributed by atoms with van der Waals surface area (Å²) in [6.45, 7) is 4.74. The Bertz CT molecular complexity index is 788. The Morgan fingerprint density at radius 3 is 3.00 bits per heavy atom. The highest BCUT2D eigenvalue weighted by molar-refractivity contribution is 7.10. The molecule has 0 bridgehead atoms. The van der Waals surface area contributed by atoms with Crippen LogP contribution in [0.15, 0.2) is 36.0 Å². The second-order valence-corrected chi connectivity index (χ2v) is 6.13. The summed E-state index contributed by atoms with van der Waals surface area (Å²) in [4.78, 5) is 17.8. The summed E-state index contributed by atoms with van der Waals surface area (Å²) in [5.41, 5.74) is 3.68. The molecule has 0 aromatic carbocycles. The number of thiophene rings is 1. The third-order valence-electron chi connectivity index (χ3n) is 3.45. The van der Waals surface area contributed by atoms with Gasteiger partial charge >= 0.3 is 0 Å². The number of rotatable bonds is 4. The Kier molecular flexibility index (Phi) is 3.75. The van der Waals surface area contributed by atoms with Gasteiger partial charge in [-0.25, -0.2) is 4.98 Å². The van der Waals surface area contributed by atoms with Crippen LogP contribution in [-0.4, -0.2) is 21.8 Å². The Balaban J connectivity index is 1.65. The highest BCUT2D eigenvalue weighted by Crippen LogP contribution is 2.15. The van der Waals surface area contributed by atoms with Gasteiger partial charge in [-0.05, 0) is 55.0 Å². The number of hydrogen-bond donors (Lipinski definition) is 1. The summed E-state index contributed by atoms with van der Waals surface area (Å²) >= 11 is 1.73. The zero-order valence-electron chi connectivity index (χ0n) is 12.1. The maximum absolute atomic E-state index is 12.1. The molecule has 0 saturated carbocycles. The van der Waals surface area contributed by atoms with Crippen molar-refractivity contribution < 1.29 is 4.79 Å². The lowest BCUT2D eigenvalue weighted by Gasteiger charge is -2.02. The zero-order valence-corrected chi connectivity index (χ0v) is 12.9. The van der Waals surface area contributed by atoms with Crippen molar-refractivity contribution in [2.75, 3.05) is 6.54 Å². The fourth-order valence-electron chi connectivity index (χ4n) is 2.23. The van der Waals surface area contributed by atoms with Crippen molar-refractivity contribution >= 4 is 22.9 Å². The number of amides is 1. The molecule has 21 heavy (non-hydrogen) atoms. The minimum atomic E-state index is -0.120. The summed E-state index contributed by atoms with van der Waals surface area (Å²) in [6.07, 6.45) is 4.55. The Labute approximate surface area is 127 Å². The molecule has 0 saturated heterocycles. The number of nitrogens with one attached hydrogen (secondary N) is 1. The summed E-state index contributed by atoms with van der Waals surface area (Å²) in [5.74, 6) is -0.120. The van der Waals surface area contributed by atoms with Crippen molar-refractivity contribution in [3.8, 4) is 0 Å². The van der Waals surface area contributed by atoms with Gasteiger partial charge in [0.15, 0.2) is 0 Å². The van der Waals surface area contributed by atoms with E-state index in [-0.39, 0.29) is 5.91 Å². The van der Waals surface area contributed by atoms with Crippen molar-refractivity contribution in [3.05, 3.63) is 57.7 Å². The highest BCUT2D eigenvalue weighted by atomic mass is 32.1. The van der Waals surface area contributed by atoms with Gasteiger partial charge in [-0.15, -0.1) is 11.3 Å². The molecule has 3 rings (SSSR count). The average Bonchev–Trinajstić information content (AvgIpc) is 3.05. The van der Waals surface area contributed by atoms with Crippen LogP contribution in [0.1, 0.15) is 26.5 Å². The summed E-state index contributed by atoms with van der Waals surface area (Å²) < 4.78 is 1.87. The average molecular weight is 299 g/mol. The van der Waals surface area contributed by atoms with Crippen LogP contribution in [0.25, 0.3) is 5.65 Å². The number of imidazole rings is 1. The second kappa shape index (κ2) is 5.69. The molecule has 5 heteroatoms. The molecule has 0 unspecified atom stereocenters. The fraction of sp³-hybridized carbons (Fsp3) is 0.250. The number of carbonyl (C=O) groups excluding carboxylic acids is 1. The predicted octanol–water partition coefficient (Wildman–Crippen LogP) is 2.99. The molecule has 0 atom stereocenters. The first-order valence-electron chi connectivity index (χ1n) is 6.90. The van der Waals surface area contributed by atoms with Gasteiger partial charge in [-0.3, -0.25) is 4.79 Å². The lowest BCUT2D eigenvalue weighted by Crippen LogP contribution is -2.25. The third-order valence-corrected chi connectivity index (χ3v) is 4.54. The molecule has 1 amide bonds. The van der Waals surface area contributed by atoms with Crippen molar-refractivity contribution in [2.45, 2.75) is 20.3 Å². The van der Waals surface area contributed by atoms with Gasteiger partial charge in [0.1, 0.15) is 11.3 Å². The lowest BCUT2D eigenvalue weighted by atomic mass is 10.2. The molecule has 3 heterocycles. The number of aromatic nitrogens is 2. The van der Waals surface area contributed by atoms with E-state index in [4.69, 9.17) is 0 Å². The summed E-state index contributed by atoms with van der Waals surface area (Å²) in [6, 6.07) is 6.06. The van der Waals surface area contributed by atoms with Crippen LogP contribution < -0.4 is 5.32 Å². The van der Waals surface area contributed by atoms with E-state index in [1.807, 2.05) is 29.7 Å². The molecule has 3 aromatic rings. The minimum Gasteiger partial charge on any atom is -0.350 e. The Hall–Kier alpha value is -2.14. The fourth-order valence-corrected chi connectivity index (χ4v) is 3.14. The quantitative estimate of drug-likeness (QED) is 0.805. The Morgan fingerprint density at radius 2 is 2.24 bits per heavy atom. The second-order valence-electron chi connectivity index (χ2n) is 5.13. The molecule has 0 aliphatic carbocycles. The van der Waals surface area contributed by atoms with E-state index in [9.17, 15) is 4.79 Å². The SMILES string of the molecule is Cc1ccn2cc(C(=O)NCCc3sccc3C)nc2c1. The molecule has 0 radical (unpaired) electrons. The van der Waals surface area contributed by atoms with Crippen LogP contribution in [0, 0.1) is 13.8 Å². The van der Waals surface area contributed by atoms with Crippen LogP contribution >= 0.6 is 11.3 Å². The molecule has 3 aromatic heterocycles. The number of carbonyl (C=O) groups is 1. The molecule has 4 nitrogen and oxygen atoms in total. The molecule has 0 aliphatic rings. The third kappa shape index (κ3) is 2.97. The van der Waals surface area contributed by atoms with Gasteiger partial charge in [-0.1, -0.05) is 0 Å². The number of hydrogen-bond acceptors (Lipinski definition) is 3. The van der Waals surface area contributed by atoms with Crippen molar-refractivity contribution in [1.29, 1.82) is 0 Å². The number of pyridine rings is 1. The first kappa shape index (κ1) is 13.8. The maximum atomic E-state index is 12.1. The molecular formula is C16H17N3OS. The van der Waals surface area contributed by atoms with Gasteiger partial charge in [0.25, 0.3) is 5.91 Å². The number of aryl methyl sites for hydroxylation is 2. The largest absolute Gasteiger partial charge is 0.350 e. The molecule has 0 spiro atoms. The van der Waals surface area contributed by atoms with Crippen molar-refractivity contribution in [1.82, 2.24) is 14.7 Å². The van der Waals surface area contributed by atoms with Gasteiger partial charge in [0.05, 0.1) is 0 Å². The minimum absolute atomic E-state index is 0.120. The van der Waals surface area contributed by atoms with Gasteiger partial charge in [0.2, 0.25) is 0 Å². The van der Waals surface area contributed by atoms with E-state index in [0.29, 0.717) is 12.2 Å². The number of fused-ring (bicyclic) bond motifs is 1. The van der Waals surface area contributed by atoms with E-state index < -0.39 is 0 Å². The van der Waals surface area contributed by atoms with Gasteiger partial charge in [-0.2, -0.15) is 0 Å². The normalized spacial score (nSPS) is 11.0. The first-order chi connectivity index (χ1) is 10.1. The van der Waals surface area contributed by atoms with E-state index in [1.165, 1.54) is 10.4 Å². The van der Waals surface area contributed by atoms with Crippen LogP contribution in [0.2, 0.25) is 0 Å². The summed E-state index contributed by atoms with van der Waals surface area (Å²) in [5, 5.41) is 5.01. The topological polar surface area (TPSA) is 46.4 Å². The van der Waals surface area contributed by atoms with Crippen molar-refractivity contribution in [3.63, 3.8) is 0 Å². The van der Waals surface area contributed by atoms with E-state index in [2.05, 4.69) is 28.7 Å². The van der Waals surface area contributed by atoms with E-state index in [1.54, 1.807) is 17.5 Å². The van der Waals surface area contributed by atoms with Crippen LogP contribution in [0.4, 0.5) is 0 Å². The van der Waals surface area contributed by atoms with Gasteiger partial charge in [0, 0.05) is 23.8 Å². The lowest BCUT2D eigenvalue weighted by molar-refractivity contribution is 0.0950. The van der Waals surface area contributed by atoms with Gasteiger partial charge < -0.3 is 9.72 Å². The van der Waals surface area contributed by atoms with E-state index in [0.717, 1.165) is 17.6 Å². The molecule has 0 aliphatic heterocycles. The Morgan fingerprint density at radius 1 is 1.38 bits per heavy atom. The highest BCUT2D eigenvalue weighted by Gasteiger charge is 2.10. The standard InChI is InChI=1S/C16H17N3OS/c1-11-4-7-19-10-13(18-15(19)9-11)16(20)17-6-3-14-12(2)5-8-21-14/h4-5,7-10H,3,6H2,1-2H3,(H,17,20). The van der Waals surface area contributed by atoms with Crippen molar-refractivity contribution in [2.24, 2.45) is 0 Å². The predicted molar refractivity (Wildman–Crippen MR) is 85.0 cm³/mol. The molecule has 0 fully saturated rings. The van der Waals surface area contributed by atoms with Crippen LogP contribution in [0.5, 0.6) is 0 Å². The van der Waals surface area contributed by atoms with Crippen LogP contribution in [-0.2, 0) is 6.42 Å². The number of nitrogens with zero attached hydrogens (tertiary/aromatic N) is 2. The smallest absolute Gasteiger partial charge is 0.271 e. The summed E-state index contributed by atoms with van der Waals surface area (Å²) in [7, 11) is 0. The maximum Gasteiger partial charge on any atom is 0.271 e. The monoisotopic (exact) mass is 299 g/mol. The first-order valence-corrected chi connectivity index (χ1v) is 7.78. The van der Waals surface area contributed by atoms with Crippen LogP contribution in [0.3, 0.4) is 0 Å². The zero-order chi connectivity index (χ0) is 14.8.